The van der Waals surface area contributed by atoms with Gasteiger partial charge in [-0.15, -0.1) is 11.3 Å². The predicted molar refractivity (Wildman–Crippen MR) is 120 cm³/mol. The molecule has 0 aliphatic rings. The van der Waals surface area contributed by atoms with E-state index in [0.29, 0.717) is 29.4 Å². The van der Waals surface area contributed by atoms with Crippen molar-refractivity contribution in [2.45, 2.75) is 26.7 Å². The van der Waals surface area contributed by atoms with Crippen molar-refractivity contribution in [3.05, 3.63) is 87.3 Å². The molecule has 0 aliphatic heterocycles. The normalized spacial score (nSPS) is 10.9. The summed E-state index contributed by atoms with van der Waals surface area (Å²) in [7, 11) is 0. The third-order valence-corrected chi connectivity index (χ3v) is 6.18. The molecule has 1 N–H and O–H groups in total. The molecule has 0 bridgehead atoms. The van der Waals surface area contributed by atoms with Crippen LogP contribution >= 0.6 is 22.9 Å². The number of pyridine rings is 1. The van der Waals surface area contributed by atoms with Gasteiger partial charge in [0.05, 0.1) is 17.5 Å². The summed E-state index contributed by atoms with van der Waals surface area (Å²) >= 11 is 7.84. The van der Waals surface area contributed by atoms with E-state index in [-0.39, 0.29) is 5.91 Å². The molecule has 3 aromatic heterocycles. The number of halogens is 1. The van der Waals surface area contributed by atoms with Gasteiger partial charge in [-0.3, -0.25) is 10.1 Å². The lowest BCUT2D eigenvalue weighted by atomic mass is 10.1. The highest BCUT2D eigenvalue weighted by Crippen LogP contribution is 2.27. The zero-order valence-corrected chi connectivity index (χ0v) is 18.2. The van der Waals surface area contributed by atoms with Crippen LogP contribution in [0.3, 0.4) is 0 Å². The first-order valence-corrected chi connectivity index (χ1v) is 10.7. The highest BCUT2D eigenvalue weighted by molar-refractivity contribution is 7.15. The summed E-state index contributed by atoms with van der Waals surface area (Å²) in [6, 6.07) is 11.6. The van der Waals surface area contributed by atoms with E-state index >= 15 is 0 Å². The van der Waals surface area contributed by atoms with E-state index in [1.165, 1.54) is 11.3 Å². The summed E-state index contributed by atoms with van der Waals surface area (Å²) in [6.07, 6.45) is 6.37. The smallest absolute Gasteiger partial charge is 0.260 e. The number of anilines is 1. The topological polar surface area (TPSA) is 72.7 Å². The maximum Gasteiger partial charge on any atom is 0.260 e. The molecule has 0 spiro atoms. The van der Waals surface area contributed by atoms with Gasteiger partial charge in [0, 0.05) is 28.7 Å². The minimum absolute atomic E-state index is 0.233. The number of carbonyl (C=O) groups is 1. The van der Waals surface area contributed by atoms with Gasteiger partial charge in [-0.1, -0.05) is 42.8 Å². The maximum atomic E-state index is 12.9. The Morgan fingerprint density at radius 3 is 2.80 bits per heavy atom. The number of hydrogen-bond acceptors (Lipinski definition) is 5. The zero-order chi connectivity index (χ0) is 21.1. The second-order valence-electron chi connectivity index (χ2n) is 6.77. The summed E-state index contributed by atoms with van der Waals surface area (Å²) in [5.41, 5.74) is 3.41. The number of rotatable bonds is 6. The molecule has 0 unspecified atom stereocenters. The average molecular weight is 438 g/mol. The first-order chi connectivity index (χ1) is 14.6. The van der Waals surface area contributed by atoms with Crippen molar-refractivity contribution < 1.29 is 4.79 Å². The van der Waals surface area contributed by atoms with Crippen LogP contribution in [0.5, 0.6) is 0 Å². The van der Waals surface area contributed by atoms with Crippen LogP contribution in [0.4, 0.5) is 5.13 Å². The number of hydrogen-bond donors (Lipinski definition) is 1. The molecule has 0 radical (unpaired) electrons. The van der Waals surface area contributed by atoms with Crippen LogP contribution in [-0.4, -0.2) is 25.7 Å². The van der Waals surface area contributed by atoms with Crippen LogP contribution in [0.15, 0.2) is 55.0 Å². The molecule has 1 aromatic carbocycles. The molecule has 152 valence electrons. The molecule has 30 heavy (non-hydrogen) atoms. The second kappa shape index (κ2) is 8.77. The Hall–Kier alpha value is -3.03. The second-order valence-corrected chi connectivity index (χ2v) is 8.26. The maximum absolute atomic E-state index is 12.9. The van der Waals surface area contributed by atoms with Gasteiger partial charge in [0.15, 0.2) is 10.9 Å². The van der Waals surface area contributed by atoms with E-state index in [2.05, 4.69) is 20.4 Å². The lowest BCUT2D eigenvalue weighted by Crippen LogP contribution is -2.14. The zero-order valence-electron chi connectivity index (χ0n) is 16.6. The highest BCUT2D eigenvalue weighted by Gasteiger charge is 2.19. The minimum atomic E-state index is -0.233. The van der Waals surface area contributed by atoms with Crippen LogP contribution in [-0.2, 0) is 12.8 Å². The van der Waals surface area contributed by atoms with Gasteiger partial charge >= 0.3 is 0 Å². The van der Waals surface area contributed by atoms with E-state index in [9.17, 15) is 4.79 Å². The number of aryl methyl sites for hydroxylation is 1. The molecule has 8 heteroatoms. The molecule has 1 amide bonds. The number of nitrogens with zero attached hydrogens (tertiary/aromatic N) is 4. The molecule has 0 saturated heterocycles. The number of nitrogens with one attached hydrogen (secondary N) is 1. The first-order valence-electron chi connectivity index (χ1n) is 9.55. The van der Waals surface area contributed by atoms with Gasteiger partial charge in [-0.05, 0) is 36.6 Å². The fourth-order valence-corrected chi connectivity index (χ4v) is 4.25. The summed E-state index contributed by atoms with van der Waals surface area (Å²) in [6.45, 7) is 3.97. The number of amides is 1. The highest BCUT2D eigenvalue weighted by atomic mass is 35.5. The SMILES string of the molecule is CCc1c(C(=O)Nc2ncc(Cc3cccc(C)c3Cl)s2)cnn1-c1ccccn1. The van der Waals surface area contributed by atoms with E-state index in [4.69, 9.17) is 11.6 Å². The van der Waals surface area contributed by atoms with Gasteiger partial charge in [0.25, 0.3) is 5.91 Å². The lowest BCUT2D eigenvalue weighted by molar-refractivity contribution is 0.102. The summed E-state index contributed by atoms with van der Waals surface area (Å²) in [4.78, 5) is 22.6. The monoisotopic (exact) mass is 437 g/mol. The van der Waals surface area contributed by atoms with Crippen LogP contribution in [0.2, 0.25) is 5.02 Å². The lowest BCUT2D eigenvalue weighted by Gasteiger charge is -2.06. The molecule has 4 rings (SSSR count). The molecule has 0 atom stereocenters. The van der Waals surface area contributed by atoms with Crippen LogP contribution < -0.4 is 5.32 Å². The van der Waals surface area contributed by atoms with Crippen LogP contribution in [0, 0.1) is 6.92 Å². The quantitative estimate of drug-likeness (QED) is 0.456. The Bertz CT molecular complexity index is 1190. The molecular formula is C22H20ClN5OS. The average Bonchev–Trinajstić information content (AvgIpc) is 3.38. The van der Waals surface area contributed by atoms with Crippen LogP contribution in [0.25, 0.3) is 5.82 Å². The fraction of sp³-hybridized carbons (Fsp3) is 0.182. The minimum Gasteiger partial charge on any atom is -0.298 e. The van der Waals surface area contributed by atoms with Gasteiger partial charge in [0.2, 0.25) is 0 Å². The molecule has 4 aromatic rings. The van der Waals surface area contributed by atoms with E-state index in [0.717, 1.165) is 26.7 Å². The van der Waals surface area contributed by atoms with Crippen molar-refractivity contribution in [2.75, 3.05) is 5.32 Å². The van der Waals surface area contributed by atoms with Gasteiger partial charge < -0.3 is 0 Å². The van der Waals surface area contributed by atoms with Crippen molar-refractivity contribution in [3.63, 3.8) is 0 Å². The predicted octanol–water partition coefficient (Wildman–Crippen LogP) is 5.09. The van der Waals surface area contributed by atoms with Crippen molar-refractivity contribution in [1.82, 2.24) is 19.7 Å². The Kier molecular flexibility index (Phi) is 5.92. The summed E-state index contributed by atoms with van der Waals surface area (Å²) in [5, 5.41) is 8.57. The number of aromatic nitrogens is 4. The molecule has 6 nitrogen and oxygen atoms in total. The fourth-order valence-electron chi connectivity index (χ4n) is 3.22. The molecule has 3 heterocycles. The Balaban J connectivity index is 1.51. The number of carbonyl (C=O) groups excluding carboxylic acids is 1. The Labute approximate surface area is 183 Å². The number of benzene rings is 1. The molecule has 0 saturated carbocycles. The van der Waals surface area contributed by atoms with Gasteiger partial charge in [-0.2, -0.15) is 5.10 Å². The van der Waals surface area contributed by atoms with Crippen molar-refractivity contribution in [3.8, 4) is 5.82 Å². The van der Waals surface area contributed by atoms with Crippen molar-refractivity contribution in [1.29, 1.82) is 0 Å². The van der Waals surface area contributed by atoms with E-state index in [1.807, 2.05) is 50.2 Å². The van der Waals surface area contributed by atoms with Crippen LogP contribution in [0.1, 0.15) is 39.0 Å². The third-order valence-electron chi connectivity index (χ3n) is 4.73. The standard InChI is InChI=1S/C22H20ClN5OS/c1-3-18-17(13-26-28(18)19-9-4-5-10-24-19)21(29)27-22-25-12-16(30-22)11-15-8-6-7-14(2)20(15)23/h4-10,12-13H,3,11H2,1-2H3,(H,25,27,29). The summed E-state index contributed by atoms with van der Waals surface area (Å²) < 4.78 is 1.70. The molecular weight excluding hydrogens is 418 g/mol. The largest absolute Gasteiger partial charge is 0.298 e. The molecule has 0 aliphatic carbocycles. The summed E-state index contributed by atoms with van der Waals surface area (Å²) in [5.74, 6) is 0.448. The van der Waals surface area contributed by atoms with Gasteiger partial charge in [-0.25, -0.2) is 14.6 Å². The van der Waals surface area contributed by atoms with Gasteiger partial charge in [0.1, 0.15) is 0 Å². The Morgan fingerprint density at radius 1 is 1.17 bits per heavy atom. The van der Waals surface area contributed by atoms with Crippen molar-refractivity contribution in [2.24, 2.45) is 0 Å². The molecule has 0 fully saturated rings. The third kappa shape index (κ3) is 4.13. The Morgan fingerprint density at radius 2 is 2.03 bits per heavy atom. The van der Waals surface area contributed by atoms with E-state index < -0.39 is 0 Å². The van der Waals surface area contributed by atoms with Crippen molar-refractivity contribution >= 4 is 34.0 Å². The first kappa shape index (κ1) is 20.3. The van der Waals surface area contributed by atoms with E-state index in [1.54, 1.807) is 23.3 Å². The number of thiazole rings is 1.